The van der Waals surface area contributed by atoms with Crippen molar-refractivity contribution in [2.75, 3.05) is 0 Å². The summed E-state index contributed by atoms with van der Waals surface area (Å²) in [4.78, 5) is 39.4. The zero-order valence-electron chi connectivity index (χ0n) is 56.6. The molecule has 0 saturated heterocycles. The van der Waals surface area contributed by atoms with Gasteiger partial charge in [0.15, 0.2) is 34.9 Å². The summed E-state index contributed by atoms with van der Waals surface area (Å²) in [6.07, 6.45) is 0.954. The average molecular weight is 1410 g/mol. The minimum Gasteiger partial charge on any atom is -0.307 e. The lowest BCUT2D eigenvalue weighted by atomic mass is 10.0. The first-order valence-electron chi connectivity index (χ1n) is 34.9. The number of para-hydroxylation sites is 3. The predicted octanol–water partition coefficient (Wildman–Crippen LogP) is 22.9. The summed E-state index contributed by atoms with van der Waals surface area (Å²) in [6.45, 7) is 0. The Morgan fingerprint density at radius 2 is 0.610 bits per heavy atom. The van der Waals surface area contributed by atoms with Crippen LogP contribution in [0.15, 0.2) is 368 Å². The number of rotatable bonds is 11. The topological polar surface area (TPSA) is 118 Å². The number of hydrogen-bond acceptors (Lipinski definition) is 8. The maximum atomic E-state index is 5.28. The molecule has 105 heavy (non-hydrogen) atoms. The van der Waals surface area contributed by atoms with Crippen LogP contribution in [0.4, 0.5) is 0 Å². The zero-order valence-corrected chi connectivity index (χ0v) is 58.2. The van der Waals surface area contributed by atoms with Gasteiger partial charge in [-0.3, -0.25) is 9.13 Å². The summed E-state index contributed by atoms with van der Waals surface area (Å²) in [6, 6.07) is 125. The number of nitrogens with zero attached hydrogens (tertiary/aromatic N) is 11. The van der Waals surface area contributed by atoms with Crippen molar-refractivity contribution in [2.24, 2.45) is 0 Å². The molecule has 0 bridgehead atoms. The third-order valence-corrected chi connectivity index (χ3v) is 19.5. The fourth-order valence-electron chi connectivity index (χ4n) is 14.2. The molecule has 1 aliphatic rings. The molecule has 0 atom stereocenters. The fourth-order valence-corrected chi connectivity index (χ4v) is 14.6. The van der Waals surface area contributed by atoms with Crippen molar-refractivity contribution in [3.63, 3.8) is 0 Å². The van der Waals surface area contributed by atoms with Gasteiger partial charge in [-0.05, 0) is 95.1 Å². The van der Waals surface area contributed by atoms with E-state index in [1.807, 2.05) is 158 Å². The van der Waals surface area contributed by atoms with Crippen LogP contribution in [0.25, 0.3) is 163 Å². The van der Waals surface area contributed by atoms with Gasteiger partial charge in [-0.1, -0.05) is 307 Å². The monoisotopic (exact) mass is 1410 g/mol. The highest BCUT2D eigenvalue weighted by Crippen LogP contribution is 2.44. The van der Waals surface area contributed by atoms with E-state index in [4.69, 9.17) is 34.9 Å². The van der Waals surface area contributed by atoms with Crippen LogP contribution < -0.4 is 0 Å². The Morgan fingerprint density at radius 1 is 0.238 bits per heavy atom. The van der Waals surface area contributed by atoms with Gasteiger partial charge >= 0.3 is 0 Å². The van der Waals surface area contributed by atoms with Gasteiger partial charge in [-0.25, -0.2) is 39.9 Å². The first-order chi connectivity index (χ1) is 52.0. The second-order valence-corrected chi connectivity index (χ2v) is 26.5. The second kappa shape index (κ2) is 28.0. The minimum absolute atomic E-state index is 0.612. The number of aromatic nitrogens is 11. The molecular weight excluding hydrogens is 1350 g/mol. The van der Waals surface area contributed by atoms with E-state index in [2.05, 4.69) is 241 Å². The molecule has 0 saturated carbocycles. The van der Waals surface area contributed by atoms with Gasteiger partial charge < -0.3 is 4.57 Å². The SMILES string of the molecule is Brc1cccc(-c2nc(-c3ccccc3)nc(-c3ccccc3)n2)c1.c1ccc(-c2nc(-c3ccccc3)nc(-c3cccc(-n4c5ccccc5c5ccc6nc(-c7ccccc7)n(-c7ccccc7)c6c54)c3)n2)cc1.c1ccc(-c2nc3ccc4c(c3n2-c2ccccc2)Cc2ccccc2-4)cc1. The number of benzene rings is 14. The van der Waals surface area contributed by atoms with E-state index in [-0.39, 0.29) is 0 Å². The van der Waals surface area contributed by atoms with Crippen molar-refractivity contribution in [1.29, 1.82) is 0 Å². The van der Waals surface area contributed by atoms with Gasteiger partial charge in [0.1, 0.15) is 11.6 Å². The lowest BCUT2D eigenvalue weighted by Gasteiger charge is -2.14. The van der Waals surface area contributed by atoms with Crippen molar-refractivity contribution in [3.8, 4) is 119 Å². The van der Waals surface area contributed by atoms with Crippen LogP contribution in [0.3, 0.4) is 0 Å². The Morgan fingerprint density at radius 3 is 1.10 bits per heavy atom. The summed E-state index contributed by atoms with van der Waals surface area (Å²) >= 11 is 3.52. The molecule has 20 rings (SSSR count). The number of imidazole rings is 2. The zero-order chi connectivity index (χ0) is 70.0. The van der Waals surface area contributed by atoms with Crippen molar-refractivity contribution in [3.05, 3.63) is 380 Å². The second-order valence-electron chi connectivity index (χ2n) is 25.6. The Hall–Kier alpha value is -13.7. The smallest absolute Gasteiger partial charge is 0.164 e. The fraction of sp³-hybridized carbons (Fsp3) is 0.0108. The molecular formula is C93H62BrN11. The van der Waals surface area contributed by atoms with E-state index in [0.29, 0.717) is 34.9 Å². The van der Waals surface area contributed by atoms with E-state index >= 15 is 0 Å². The van der Waals surface area contributed by atoms with Crippen molar-refractivity contribution >= 4 is 59.8 Å². The highest BCUT2D eigenvalue weighted by molar-refractivity contribution is 9.10. The van der Waals surface area contributed by atoms with Crippen LogP contribution in [0.5, 0.6) is 0 Å². The molecule has 5 heterocycles. The molecule has 1 aliphatic carbocycles. The molecule has 0 amide bonds. The Balaban J connectivity index is 0.000000124. The first-order valence-corrected chi connectivity index (χ1v) is 35.7. The minimum atomic E-state index is 0.612. The van der Waals surface area contributed by atoms with Gasteiger partial charge in [-0.2, -0.15) is 0 Å². The van der Waals surface area contributed by atoms with Crippen LogP contribution in [0.1, 0.15) is 11.1 Å². The van der Waals surface area contributed by atoms with Crippen molar-refractivity contribution in [2.45, 2.75) is 6.42 Å². The molecule has 0 spiro atoms. The van der Waals surface area contributed by atoms with Crippen molar-refractivity contribution < 1.29 is 0 Å². The largest absolute Gasteiger partial charge is 0.307 e. The van der Waals surface area contributed by atoms with Gasteiger partial charge in [0, 0.05) is 83.2 Å². The summed E-state index contributed by atoms with van der Waals surface area (Å²) < 4.78 is 7.99. The van der Waals surface area contributed by atoms with Gasteiger partial charge in [0.2, 0.25) is 0 Å². The van der Waals surface area contributed by atoms with E-state index in [1.54, 1.807) is 0 Å². The molecule has 0 radical (unpaired) electrons. The maximum Gasteiger partial charge on any atom is 0.164 e. The van der Waals surface area contributed by atoms with Crippen LogP contribution >= 0.6 is 15.9 Å². The van der Waals surface area contributed by atoms with E-state index in [1.165, 1.54) is 33.2 Å². The Kier molecular flexibility index (Phi) is 17.0. The van der Waals surface area contributed by atoms with Crippen LogP contribution in [0, 0.1) is 0 Å². The molecule has 19 aromatic rings. The molecule has 14 aromatic carbocycles. The number of hydrogen-bond donors (Lipinski definition) is 0. The van der Waals surface area contributed by atoms with Crippen molar-refractivity contribution in [1.82, 2.24) is 53.6 Å². The lowest BCUT2D eigenvalue weighted by Crippen LogP contribution is -2.02. The van der Waals surface area contributed by atoms with Crippen LogP contribution in [0.2, 0.25) is 0 Å². The average Bonchev–Trinajstić information content (AvgIpc) is 1.58. The molecule has 496 valence electrons. The molecule has 12 heteroatoms. The quantitative estimate of drug-likeness (QED) is 0.126. The van der Waals surface area contributed by atoms with Crippen LogP contribution in [-0.2, 0) is 6.42 Å². The standard InChI is InChI=1S/C46H30N6.C26H18N2.C21H14BrN3/c1-5-16-31(17-6-1)43-48-44(32-18-7-2-8-19-32)50-45(49-43)34-22-15-25-36(30-34)51-40-27-14-13-26-37(40)38-28-29-39-42(41(38)51)52(35-23-11-4-12-24-35)46(47-39)33-20-9-3-10-21-33;1-3-9-18(10-4-1)26-27-24-16-15-22-21-14-8-7-11-19(21)17-23(22)25(24)28(26)20-12-5-2-6-13-20;22-18-13-7-12-17(14-18)21-24-19(15-8-3-1-4-9-15)23-20(25-21)16-10-5-2-6-11-16/h1-30H;1-16H,17H2;1-14H. The highest BCUT2D eigenvalue weighted by Gasteiger charge is 2.27. The van der Waals surface area contributed by atoms with E-state index in [9.17, 15) is 0 Å². The third-order valence-electron chi connectivity index (χ3n) is 19.0. The maximum absolute atomic E-state index is 5.28. The molecule has 0 aliphatic heterocycles. The van der Waals surface area contributed by atoms with Gasteiger partial charge in [-0.15, -0.1) is 0 Å². The third kappa shape index (κ3) is 12.4. The van der Waals surface area contributed by atoms with Gasteiger partial charge in [0.25, 0.3) is 0 Å². The number of halogens is 1. The summed E-state index contributed by atoms with van der Waals surface area (Å²) in [5.74, 6) is 5.77. The molecule has 0 unspecified atom stereocenters. The number of fused-ring (bicyclic) bond motifs is 10. The summed E-state index contributed by atoms with van der Waals surface area (Å²) in [5.41, 5.74) is 22.9. The van der Waals surface area contributed by atoms with Gasteiger partial charge in [0.05, 0.1) is 33.1 Å². The van der Waals surface area contributed by atoms with Crippen LogP contribution in [-0.4, -0.2) is 53.6 Å². The molecule has 5 aromatic heterocycles. The molecule has 0 N–H and O–H groups in total. The molecule has 11 nitrogen and oxygen atoms in total. The normalized spacial score (nSPS) is 11.4. The summed E-state index contributed by atoms with van der Waals surface area (Å²) in [7, 11) is 0. The Bertz CT molecular complexity index is 6240. The predicted molar refractivity (Wildman–Crippen MR) is 429 cm³/mol. The summed E-state index contributed by atoms with van der Waals surface area (Å²) in [5, 5.41) is 2.33. The van der Waals surface area contributed by atoms with E-state index < -0.39 is 0 Å². The highest BCUT2D eigenvalue weighted by atomic mass is 79.9. The Labute approximate surface area is 614 Å². The van der Waals surface area contributed by atoms with E-state index in [0.717, 1.165) is 117 Å². The lowest BCUT2D eigenvalue weighted by molar-refractivity contribution is 1.07. The molecule has 0 fully saturated rings. The first kappa shape index (κ1) is 63.5.